The first-order chi connectivity index (χ1) is 8.31. The average molecular weight is 235 g/mol. The van der Waals surface area contributed by atoms with E-state index in [0.29, 0.717) is 0 Å². The first-order valence-corrected chi connectivity index (χ1v) is 6.76. The van der Waals surface area contributed by atoms with Crippen molar-refractivity contribution >= 4 is 0 Å². The molecule has 3 rings (SSSR count). The SMILES string of the molecule is CCOCC1C2CCc3nnn(C)c3CCC21. The standard InChI is InChI=1S/C13H21N3O/c1-3-17-8-11-9-4-6-12-13(7-5-10(9)11)16(2)15-14-12/h9-11H,3-8H2,1-2H3. The minimum absolute atomic E-state index is 0.817. The highest BCUT2D eigenvalue weighted by Crippen LogP contribution is 2.52. The summed E-state index contributed by atoms with van der Waals surface area (Å²) >= 11 is 0. The van der Waals surface area contributed by atoms with Gasteiger partial charge in [-0.1, -0.05) is 5.21 Å². The van der Waals surface area contributed by atoms with Crippen LogP contribution >= 0.6 is 0 Å². The van der Waals surface area contributed by atoms with E-state index in [0.717, 1.165) is 43.8 Å². The summed E-state index contributed by atoms with van der Waals surface area (Å²) < 4.78 is 7.53. The van der Waals surface area contributed by atoms with Gasteiger partial charge in [0.1, 0.15) is 0 Å². The summed E-state index contributed by atoms with van der Waals surface area (Å²) in [6.45, 7) is 3.89. The van der Waals surface area contributed by atoms with Gasteiger partial charge in [-0.05, 0) is 50.4 Å². The third kappa shape index (κ3) is 1.99. The summed E-state index contributed by atoms with van der Waals surface area (Å²) in [7, 11) is 2.01. The summed E-state index contributed by atoms with van der Waals surface area (Å²) in [5, 5.41) is 8.41. The summed E-state index contributed by atoms with van der Waals surface area (Å²) in [6, 6.07) is 0. The monoisotopic (exact) mass is 235 g/mol. The number of aryl methyl sites for hydroxylation is 2. The molecule has 94 valence electrons. The molecule has 2 aliphatic rings. The van der Waals surface area contributed by atoms with Crippen LogP contribution in [-0.2, 0) is 24.6 Å². The van der Waals surface area contributed by atoms with E-state index in [1.54, 1.807) is 0 Å². The molecule has 1 heterocycles. The third-order valence-electron chi connectivity index (χ3n) is 4.48. The Labute approximate surface area is 102 Å². The largest absolute Gasteiger partial charge is 0.381 e. The van der Waals surface area contributed by atoms with Crippen LogP contribution in [0.5, 0.6) is 0 Å². The lowest BCUT2D eigenvalue weighted by atomic mass is 10.0. The minimum Gasteiger partial charge on any atom is -0.381 e. The maximum atomic E-state index is 5.58. The predicted molar refractivity (Wildman–Crippen MR) is 64.6 cm³/mol. The summed E-state index contributed by atoms with van der Waals surface area (Å²) in [5.41, 5.74) is 2.58. The Hall–Kier alpha value is -0.900. The van der Waals surface area contributed by atoms with Crippen molar-refractivity contribution in [2.24, 2.45) is 24.8 Å². The van der Waals surface area contributed by atoms with Crippen LogP contribution in [-0.4, -0.2) is 28.2 Å². The molecule has 4 heteroatoms. The minimum atomic E-state index is 0.817. The lowest BCUT2D eigenvalue weighted by Crippen LogP contribution is -2.04. The highest BCUT2D eigenvalue weighted by Gasteiger charge is 2.49. The molecule has 1 aromatic rings. The summed E-state index contributed by atoms with van der Waals surface area (Å²) in [5.74, 6) is 2.60. The molecule has 0 saturated heterocycles. The molecule has 3 atom stereocenters. The number of rotatable bonds is 3. The molecule has 0 amide bonds. The molecule has 2 aliphatic carbocycles. The van der Waals surface area contributed by atoms with Crippen molar-refractivity contribution in [2.45, 2.75) is 32.6 Å². The summed E-state index contributed by atoms with van der Waals surface area (Å²) in [6.07, 6.45) is 4.81. The second-order valence-electron chi connectivity index (χ2n) is 5.33. The number of ether oxygens (including phenoxy) is 1. The van der Waals surface area contributed by atoms with Gasteiger partial charge in [0.2, 0.25) is 0 Å². The first-order valence-electron chi connectivity index (χ1n) is 6.76. The second-order valence-corrected chi connectivity index (χ2v) is 5.33. The van der Waals surface area contributed by atoms with Crippen molar-refractivity contribution in [3.05, 3.63) is 11.4 Å². The lowest BCUT2D eigenvalue weighted by molar-refractivity contribution is 0.130. The second kappa shape index (κ2) is 4.41. The van der Waals surface area contributed by atoms with Crippen LogP contribution in [0.2, 0.25) is 0 Å². The Kier molecular flexibility index (Phi) is 2.90. The number of hydrogen-bond acceptors (Lipinski definition) is 3. The van der Waals surface area contributed by atoms with Gasteiger partial charge >= 0.3 is 0 Å². The molecular formula is C13H21N3O. The molecule has 0 spiro atoms. The zero-order valence-corrected chi connectivity index (χ0v) is 10.7. The number of fused-ring (bicyclic) bond motifs is 2. The Balaban J connectivity index is 1.66. The van der Waals surface area contributed by atoms with Gasteiger partial charge < -0.3 is 4.74 Å². The Morgan fingerprint density at radius 2 is 2.06 bits per heavy atom. The highest BCUT2D eigenvalue weighted by molar-refractivity contribution is 5.14. The molecule has 0 bridgehead atoms. The predicted octanol–water partition coefficient (Wildman–Crippen LogP) is 1.59. The van der Waals surface area contributed by atoms with Gasteiger partial charge in [0.25, 0.3) is 0 Å². The average Bonchev–Trinajstić information content (AvgIpc) is 2.84. The van der Waals surface area contributed by atoms with Crippen molar-refractivity contribution in [3.8, 4) is 0 Å². The molecule has 0 aliphatic heterocycles. The normalized spacial score (nSPS) is 31.3. The molecule has 1 aromatic heterocycles. The van der Waals surface area contributed by atoms with Gasteiger partial charge in [0.15, 0.2) is 0 Å². The van der Waals surface area contributed by atoms with Crippen molar-refractivity contribution in [1.82, 2.24) is 15.0 Å². The van der Waals surface area contributed by atoms with Crippen molar-refractivity contribution in [3.63, 3.8) is 0 Å². The molecular weight excluding hydrogens is 214 g/mol. The van der Waals surface area contributed by atoms with Gasteiger partial charge in [-0.15, -0.1) is 5.10 Å². The Bertz CT molecular complexity index is 401. The molecule has 0 radical (unpaired) electrons. The molecule has 3 unspecified atom stereocenters. The van der Waals surface area contributed by atoms with E-state index in [1.807, 2.05) is 11.7 Å². The van der Waals surface area contributed by atoms with Crippen LogP contribution in [0.1, 0.15) is 31.2 Å². The van der Waals surface area contributed by atoms with Crippen LogP contribution in [0, 0.1) is 17.8 Å². The van der Waals surface area contributed by atoms with Gasteiger partial charge in [-0.2, -0.15) is 0 Å². The van der Waals surface area contributed by atoms with E-state index >= 15 is 0 Å². The summed E-state index contributed by atoms with van der Waals surface area (Å²) in [4.78, 5) is 0. The third-order valence-corrected chi connectivity index (χ3v) is 4.48. The fraction of sp³-hybridized carbons (Fsp3) is 0.846. The van der Waals surface area contributed by atoms with E-state index in [1.165, 1.54) is 24.2 Å². The van der Waals surface area contributed by atoms with E-state index in [-0.39, 0.29) is 0 Å². The fourth-order valence-electron chi connectivity index (χ4n) is 3.41. The smallest absolute Gasteiger partial charge is 0.0859 e. The number of nitrogens with zero attached hydrogens (tertiary/aromatic N) is 3. The number of aromatic nitrogens is 3. The van der Waals surface area contributed by atoms with E-state index in [9.17, 15) is 0 Å². The Morgan fingerprint density at radius 3 is 2.82 bits per heavy atom. The topological polar surface area (TPSA) is 39.9 Å². The van der Waals surface area contributed by atoms with Crippen LogP contribution in [0.3, 0.4) is 0 Å². The number of hydrogen-bond donors (Lipinski definition) is 0. The van der Waals surface area contributed by atoms with E-state index in [2.05, 4.69) is 17.2 Å². The van der Waals surface area contributed by atoms with Crippen LogP contribution < -0.4 is 0 Å². The first kappa shape index (κ1) is 11.2. The van der Waals surface area contributed by atoms with E-state index < -0.39 is 0 Å². The van der Waals surface area contributed by atoms with E-state index in [4.69, 9.17) is 4.74 Å². The fourth-order valence-corrected chi connectivity index (χ4v) is 3.41. The van der Waals surface area contributed by atoms with Gasteiger partial charge in [-0.25, -0.2) is 0 Å². The van der Waals surface area contributed by atoms with Gasteiger partial charge in [0, 0.05) is 20.3 Å². The molecule has 4 nitrogen and oxygen atoms in total. The molecule has 0 aromatic carbocycles. The highest BCUT2D eigenvalue weighted by atomic mass is 16.5. The van der Waals surface area contributed by atoms with Crippen molar-refractivity contribution in [2.75, 3.05) is 13.2 Å². The Morgan fingerprint density at radius 1 is 1.29 bits per heavy atom. The maximum Gasteiger partial charge on any atom is 0.0859 e. The van der Waals surface area contributed by atoms with Crippen molar-refractivity contribution < 1.29 is 4.74 Å². The molecule has 0 N–H and O–H groups in total. The van der Waals surface area contributed by atoms with Crippen LogP contribution in [0.4, 0.5) is 0 Å². The zero-order valence-electron chi connectivity index (χ0n) is 10.7. The van der Waals surface area contributed by atoms with Crippen LogP contribution in [0.15, 0.2) is 0 Å². The maximum absolute atomic E-state index is 5.58. The quantitative estimate of drug-likeness (QED) is 0.799. The molecule has 1 fully saturated rings. The molecule has 17 heavy (non-hydrogen) atoms. The van der Waals surface area contributed by atoms with Crippen molar-refractivity contribution in [1.29, 1.82) is 0 Å². The van der Waals surface area contributed by atoms with Crippen LogP contribution in [0.25, 0.3) is 0 Å². The van der Waals surface area contributed by atoms with Gasteiger partial charge in [0.05, 0.1) is 11.4 Å². The zero-order chi connectivity index (χ0) is 11.8. The molecule has 1 saturated carbocycles. The van der Waals surface area contributed by atoms with Gasteiger partial charge in [-0.3, -0.25) is 4.68 Å². The lowest BCUT2D eigenvalue weighted by Gasteiger charge is -2.07.